The number of hydrogen-bond acceptors (Lipinski definition) is 2. The van der Waals surface area contributed by atoms with Crippen LogP contribution in [0.4, 0.5) is 0 Å². The number of fused-ring (bicyclic) bond motifs is 1. The normalized spacial score (nSPS) is 27.9. The molecule has 130 valence electrons. The second-order valence-corrected chi connectivity index (χ2v) is 8.31. The minimum absolute atomic E-state index is 0.0913. The van der Waals surface area contributed by atoms with Crippen molar-refractivity contribution < 1.29 is 9.59 Å². The largest absolute Gasteiger partial charge is 0.349 e. The predicted octanol–water partition coefficient (Wildman–Crippen LogP) is 3.06. The highest BCUT2D eigenvalue weighted by atomic mass is 16.2. The summed E-state index contributed by atoms with van der Waals surface area (Å²) in [5.74, 6) is 0.241. The third-order valence-electron chi connectivity index (χ3n) is 6.57. The molecule has 2 aliphatic rings. The van der Waals surface area contributed by atoms with E-state index in [1.807, 2.05) is 17.0 Å². The molecule has 0 aromatic heterocycles. The zero-order valence-electron chi connectivity index (χ0n) is 15.4. The zero-order valence-corrected chi connectivity index (χ0v) is 15.4. The van der Waals surface area contributed by atoms with Crippen molar-refractivity contribution >= 4 is 11.8 Å². The number of benzene rings is 1. The van der Waals surface area contributed by atoms with Gasteiger partial charge in [0.05, 0.1) is 5.41 Å². The molecular formula is C20H28N2O2. The van der Waals surface area contributed by atoms with Crippen LogP contribution in [0.2, 0.25) is 0 Å². The van der Waals surface area contributed by atoms with E-state index >= 15 is 0 Å². The molecular weight excluding hydrogens is 300 g/mol. The van der Waals surface area contributed by atoms with Crippen LogP contribution in [0.1, 0.15) is 44.7 Å². The molecule has 4 heteroatoms. The fourth-order valence-electron chi connectivity index (χ4n) is 4.45. The summed E-state index contributed by atoms with van der Waals surface area (Å²) in [5, 5.41) is 0. The molecule has 0 unspecified atom stereocenters. The van der Waals surface area contributed by atoms with E-state index in [9.17, 15) is 9.59 Å². The summed E-state index contributed by atoms with van der Waals surface area (Å²) < 4.78 is 0. The Balaban J connectivity index is 1.84. The molecule has 24 heavy (non-hydrogen) atoms. The van der Waals surface area contributed by atoms with Crippen LogP contribution in [0.25, 0.3) is 0 Å². The van der Waals surface area contributed by atoms with Gasteiger partial charge in [-0.25, -0.2) is 0 Å². The Labute approximate surface area is 144 Å². The number of carbonyl (C=O) groups is 2. The zero-order chi connectivity index (χ0) is 17.7. The van der Waals surface area contributed by atoms with E-state index in [4.69, 9.17) is 0 Å². The fraction of sp³-hybridized carbons (Fsp3) is 0.600. The van der Waals surface area contributed by atoms with Crippen LogP contribution in [0.15, 0.2) is 24.3 Å². The van der Waals surface area contributed by atoms with Gasteiger partial charge in [-0.1, -0.05) is 45.0 Å². The van der Waals surface area contributed by atoms with Crippen molar-refractivity contribution in [3.8, 4) is 0 Å². The highest BCUT2D eigenvalue weighted by molar-refractivity contribution is 5.87. The number of nitrogens with zero attached hydrogens (tertiary/aromatic N) is 2. The average Bonchev–Trinajstić information content (AvgIpc) is 3.06. The van der Waals surface area contributed by atoms with Gasteiger partial charge < -0.3 is 9.80 Å². The standard InChI is InChI=1S/C20H28N2O2/c1-19(2)16(17(23)21(4)5)10-11-20(19,3)18(24)22-12-14-8-6-7-9-15(14)13-22/h6-9,16H,10-13H2,1-5H3/t16-,20+/m0/s1. The number of amides is 2. The number of rotatable bonds is 2. The molecule has 2 atom stereocenters. The summed E-state index contributed by atoms with van der Waals surface area (Å²) in [5.41, 5.74) is 1.64. The van der Waals surface area contributed by atoms with E-state index in [1.165, 1.54) is 11.1 Å². The molecule has 1 aromatic rings. The van der Waals surface area contributed by atoms with Crippen molar-refractivity contribution in [2.75, 3.05) is 14.1 Å². The molecule has 0 spiro atoms. The van der Waals surface area contributed by atoms with E-state index in [-0.39, 0.29) is 23.1 Å². The van der Waals surface area contributed by atoms with Crippen molar-refractivity contribution in [3.63, 3.8) is 0 Å². The molecule has 3 rings (SSSR count). The van der Waals surface area contributed by atoms with Gasteiger partial charge in [-0.05, 0) is 29.4 Å². The quantitative estimate of drug-likeness (QED) is 0.837. The smallest absolute Gasteiger partial charge is 0.229 e. The Morgan fingerprint density at radius 1 is 1.08 bits per heavy atom. The lowest BCUT2D eigenvalue weighted by molar-refractivity contribution is -0.150. The van der Waals surface area contributed by atoms with Gasteiger partial charge in [0.15, 0.2) is 0 Å². The third kappa shape index (κ3) is 2.35. The molecule has 4 nitrogen and oxygen atoms in total. The fourth-order valence-corrected chi connectivity index (χ4v) is 4.45. The average molecular weight is 328 g/mol. The molecule has 1 fully saturated rings. The molecule has 1 saturated carbocycles. The van der Waals surface area contributed by atoms with Crippen molar-refractivity contribution in [3.05, 3.63) is 35.4 Å². The van der Waals surface area contributed by atoms with Gasteiger partial charge in [0.2, 0.25) is 11.8 Å². The molecule has 1 aliphatic heterocycles. The van der Waals surface area contributed by atoms with Crippen LogP contribution < -0.4 is 0 Å². The summed E-state index contributed by atoms with van der Waals surface area (Å²) in [6, 6.07) is 8.26. The maximum Gasteiger partial charge on any atom is 0.229 e. The minimum Gasteiger partial charge on any atom is -0.349 e. The van der Waals surface area contributed by atoms with E-state index < -0.39 is 5.41 Å². The van der Waals surface area contributed by atoms with E-state index in [2.05, 4.69) is 32.9 Å². The van der Waals surface area contributed by atoms with Crippen LogP contribution in [0, 0.1) is 16.7 Å². The first-order valence-electron chi connectivity index (χ1n) is 8.76. The third-order valence-corrected chi connectivity index (χ3v) is 6.57. The Kier molecular flexibility index (Phi) is 3.97. The van der Waals surface area contributed by atoms with Gasteiger partial charge in [-0.15, -0.1) is 0 Å². The van der Waals surface area contributed by atoms with E-state index in [0.29, 0.717) is 13.1 Å². The Morgan fingerprint density at radius 3 is 2.12 bits per heavy atom. The lowest BCUT2D eigenvalue weighted by atomic mass is 9.64. The number of hydrogen-bond donors (Lipinski definition) is 0. The lowest BCUT2D eigenvalue weighted by Crippen LogP contribution is -2.49. The van der Waals surface area contributed by atoms with Gasteiger partial charge in [0, 0.05) is 33.1 Å². The van der Waals surface area contributed by atoms with Gasteiger partial charge in [-0.2, -0.15) is 0 Å². The highest BCUT2D eigenvalue weighted by Gasteiger charge is 2.59. The molecule has 0 N–H and O–H groups in total. The molecule has 2 amide bonds. The second-order valence-electron chi connectivity index (χ2n) is 8.31. The molecule has 0 radical (unpaired) electrons. The van der Waals surface area contributed by atoms with Crippen molar-refractivity contribution in [2.45, 2.75) is 46.7 Å². The molecule has 1 heterocycles. The summed E-state index contributed by atoms with van der Waals surface area (Å²) >= 11 is 0. The summed E-state index contributed by atoms with van der Waals surface area (Å²) in [6.45, 7) is 7.61. The lowest BCUT2D eigenvalue weighted by Gasteiger charge is -2.42. The predicted molar refractivity (Wildman–Crippen MR) is 94.0 cm³/mol. The monoisotopic (exact) mass is 328 g/mol. The number of carbonyl (C=O) groups excluding carboxylic acids is 2. The molecule has 0 saturated heterocycles. The van der Waals surface area contributed by atoms with Crippen LogP contribution in [-0.2, 0) is 22.7 Å². The molecule has 0 bridgehead atoms. The van der Waals surface area contributed by atoms with Gasteiger partial charge >= 0.3 is 0 Å². The first-order valence-corrected chi connectivity index (χ1v) is 8.76. The first kappa shape index (κ1) is 17.0. The van der Waals surface area contributed by atoms with Gasteiger partial charge in [-0.3, -0.25) is 9.59 Å². The molecule has 1 aliphatic carbocycles. The van der Waals surface area contributed by atoms with E-state index in [1.54, 1.807) is 19.0 Å². The topological polar surface area (TPSA) is 40.6 Å². The van der Waals surface area contributed by atoms with E-state index in [0.717, 1.165) is 12.8 Å². The van der Waals surface area contributed by atoms with Crippen LogP contribution in [-0.4, -0.2) is 35.7 Å². The summed E-state index contributed by atoms with van der Waals surface area (Å²) in [4.78, 5) is 29.6. The minimum atomic E-state index is -0.495. The Hall–Kier alpha value is -1.84. The Bertz CT molecular complexity index is 655. The van der Waals surface area contributed by atoms with Crippen molar-refractivity contribution in [1.82, 2.24) is 9.80 Å². The SMILES string of the molecule is CN(C)C(=O)[C@@H]1CC[C@](C)(C(=O)N2Cc3ccccc3C2)C1(C)C. The van der Waals surface area contributed by atoms with Crippen LogP contribution in [0.3, 0.4) is 0 Å². The van der Waals surface area contributed by atoms with Crippen molar-refractivity contribution in [1.29, 1.82) is 0 Å². The maximum atomic E-state index is 13.4. The highest BCUT2D eigenvalue weighted by Crippen LogP contribution is 2.57. The van der Waals surface area contributed by atoms with Gasteiger partial charge in [0.1, 0.15) is 0 Å². The first-order chi connectivity index (χ1) is 11.2. The van der Waals surface area contributed by atoms with Gasteiger partial charge in [0.25, 0.3) is 0 Å². The Morgan fingerprint density at radius 2 is 1.62 bits per heavy atom. The summed E-state index contributed by atoms with van der Waals surface area (Å²) in [6.07, 6.45) is 1.56. The van der Waals surface area contributed by atoms with Crippen molar-refractivity contribution in [2.24, 2.45) is 16.7 Å². The summed E-state index contributed by atoms with van der Waals surface area (Å²) in [7, 11) is 3.60. The van der Waals surface area contributed by atoms with Crippen LogP contribution in [0.5, 0.6) is 0 Å². The maximum absolute atomic E-state index is 13.4. The second kappa shape index (κ2) is 5.61. The van der Waals surface area contributed by atoms with Crippen LogP contribution >= 0.6 is 0 Å². The molecule has 1 aromatic carbocycles.